The Balaban J connectivity index is 0.000000868. The molecule has 0 radical (unpaired) electrons. The molecule has 0 unspecified atom stereocenters. The maximum Gasteiger partial charge on any atom is 0.410 e. The lowest BCUT2D eigenvalue weighted by Crippen LogP contribution is -2.38. The zero-order valence-corrected chi connectivity index (χ0v) is 49.4. The number of hydrogen-bond donors (Lipinski definition) is 2. The summed E-state index contributed by atoms with van der Waals surface area (Å²) in [6.07, 6.45) is 32.1. The molecule has 2 aromatic carbocycles. The van der Waals surface area contributed by atoms with Crippen LogP contribution in [0.2, 0.25) is 0 Å². The van der Waals surface area contributed by atoms with Gasteiger partial charge in [-0.15, -0.1) is 0 Å². The van der Waals surface area contributed by atoms with Gasteiger partial charge >= 0.3 is 36.1 Å². The molecule has 0 aliphatic carbocycles. The first-order valence-electron chi connectivity index (χ1n) is 29.5. The van der Waals surface area contributed by atoms with Crippen LogP contribution in [0.5, 0.6) is 0 Å². The SMILES string of the molecule is CC(C)(C)OC(=O)N(CCCCCCCC(=O)O)CCCc1ccc(C(=O)O)cc1.CCCCCC/C=C\COC(=O)CCCCCCCN(CCCc1ccc(C(=O)OC/C=C\CCCCCC)cc1)C(=O)OC(C)(C)C. The number of aliphatic carboxylic acids is 1. The number of amides is 2. The maximum atomic E-state index is 12.9. The summed E-state index contributed by atoms with van der Waals surface area (Å²) in [4.78, 5) is 74.8. The van der Waals surface area contributed by atoms with Gasteiger partial charge in [-0.2, -0.15) is 0 Å². The van der Waals surface area contributed by atoms with E-state index in [2.05, 4.69) is 26.0 Å². The Morgan fingerprint density at radius 1 is 0.449 bits per heavy atom. The fourth-order valence-corrected chi connectivity index (χ4v) is 8.19. The van der Waals surface area contributed by atoms with Gasteiger partial charge in [0.15, 0.2) is 0 Å². The summed E-state index contributed by atoms with van der Waals surface area (Å²) in [6.45, 7) is 18.7. The van der Waals surface area contributed by atoms with Crippen molar-refractivity contribution in [3.8, 4) is 0 Å². The monoisotopic (exact) mass is 1090 g/mol. The van der Waals surface area contributed by atoms with Crippen molar-refractivity contribution in [3.05, 3.63) is 95.1 Å². The van der Waals surface area contributed by atoms with E-state index in [9.17, 15) is 28.8 Å². The number of benzene rings is 2. The predicted octanol–water partition coefficient (Wildman–Crippen LogP) is 15.9. The highest BCUT2D eigenvalue weighted by molar-refractivity contribution is 5.89. The number of nitrogens with zero attached hydrogens (tertiary/aromatic N) is 2. The van der Waals surface area contributed by atoms with Gasteiger partial charge in [-0.3, -0.25) is 9.59 Å². The summed E-state index contributed by atoms with van der Waals surface area (Å²) < 4.78 is 21.9. The molecule has 0 aliphatic rings. The second kappa shape index (κ2) is 43.2. The van der Waals surface area contributed by atoms with Gasteiger partial charge in [0.25, 0.3) is 0 Å². The molecule has 2 aromatic rings. The van der Waals surface area contributed by atoms with Gasteiger partial charge in [0.2, 0.25) is 0 Å². The fourth-order valence-electron chi connectivity index (χ4n) is 8.19. The van der Waals surface area contributed by atoms with E-state index in [0.717, 1.165) is 107 Å². The van der Waals surface area contributed by atoms with Crippen LogP contribution >= 0.6 is 0 Å². The van der Waals surface area contributed by atoms with E-state index in [0.29, 0.717) is 57.8 Å². The minimum atomic E-state index is -0.944. The first kappa shape index (κ1) is 70.4. The van der Waals surface area contributed by atoms with Crippen LogP contribution in [0.4, 0.5) is 9.59 Å². The number of carbonyl (C=O) groups excluding carboxylic acids is 4. The molecule has 0 bridgehead atoms. The number of carbonyl (C=O) groups is 6. The van der Waals surface area contributed by atoms with Crippen molar-refractivity contribution in [2.75, 3.05) is 39.4 Å². The molecule has 0 heterocycles. The van der Waals surface area contributed by atoms with Crippen molar-refractivity contribution in [2.24, 2.45) is 0 Å². The quantitative estimate of drug-likeness (QED) is 0.0279. The Morgan fingerprint density at radius 2 is 0.833 bits per heavy atom. The maximum absolute atomic E-state index is 12.9. The third kappa shape index (κ3) is 39.7. The number of hydrogen-bond acceptors (Lipinski definition) is 10. The van der Waals surface area contributed by atoms with Gasteiger partial charge in [0.1, 0.15) is 24.4 Å². The highest BCUT2D eigenvalue weighted by Crippen LogP contribution is 2.17. The molecule has 0 saturated heterocycles. The highest BCUT2D eigenvalue weighted by Gasteiger charge is 2.23. The van der Waals surface area contributed by atoms with E-state index >= 15 is 0 Å². The van der Waals surface area contributed by atoms with Crippen LogP contribution in [-0.2, 0) is 41.4 Å². The average Bonchev–Trinajstić information content (AvgIpc) is 3.37. The average molecular weight is 1090 g/mol. The molecule has 0 fully saturated rings. The van der Waals surface area contributed by atoms with E-state index in [1.165, 1.54) is 51.4 Å². The van der Waals surface area contributed by atoms with Gasteiger partial charge < -0.3 is 39.0 Å². The summed E-state index contributed by atoms with van der Waals surface area (Å²) >= 11 is 0. The predicted molar refractivity (Wildman–Crippen MR) is 312 cm³/mol. The van der Waals surface area contributed by atoms with E-state index in [4.69, 9.17) is 29.2 Å². The first-order chi connectivity index (χ1) is 37.2. The van der Waals surface area contributed by atoms with Crippen molar-refractivity contribution < 1.29 is 57.9 Å². The van der Waals surface area contributed by atoms with Gasteiger partial charge in [0, 0.05) is 39.0 Å². The molecule has 0 aliphatic heterocycles. The van der Waals surface area contributed by atoms with Crippen LogP contribution in [0.3, 0.4) is 0 Å². The Hall–Kier alpha value is -5.66. The number of esters is 2. The van der Waals surface area contributed by atoms with Crippen LogP contribution < -0.4 is 0 Å². The van der Waals surface area contributed by atoms with Crippen molar-refractivity contribution in [1.29, 1.82) is 0 Å². The van der Waals surface area contributed by atoms with Crippen LogP contribution in [0.15, 0.2) is 72.8 Å². The zero-order chi connectivity index (χ0) is 57.9. The topological polar surface area (TPSA) is 186 Å². The summed E-state index contributed by atoms with van der Waals surface area (Å²) in [5, 5.41) is 17.6. The largest absolute Gasteiger partial charge is 0.481 e. The van der Waals surface area contributed by atoms with Gasteiger partial charge in [-0.25, -0.2) is 19.2 Å². The van der Waals surface area contributed by atoms with E-state index in [-0.39, 0.29) is 36.1 Å². The zero-order valence-electron chi connectivity index (χ0n) is 49.4. The second-order valence-corrected chi connectivity index (χ2v) is 22.2. The van der Waals surface area contributed by atoms with Gasteiger partial charge in [-0.1, -0.05) is 139 Å². The molecular weight excluding hydrogens is 989 g/mol. The number of ether oxygens (including phenoxy) is 4. The molecule has 14 heteroatoms. The first-order valence-corrected chi connectivity index (χ1v) is 29.5. The molecule has 2 N–H and O–H groups in total. The van der Waals surface area contributed by atoms with E-state index in [1.54, 1.807) is 29.2 Å². The van der Waals surface area contributed by atoms with Crippen molar-refractivity contribution in [2.45, 2.75) is 234 Å². The Bertz CT molecular complexity index is 2000. The van der Waals surface area contributed by atoms with Crippen LogP contribution in [0.25, 0.3) is 0 Å². The van der Waals surface area contributed by atoms with Gasteiger partial charge in [-0.05, 0) is 154 Å². The lowest BCUT2D eigenvalue weighted by Gasteiger charge is -2.27. The minimum absolute atomic E-state index is 0.132. The van der Waals surface area contributed by atoms with Gasteiger partial charge in [0.05, 0.1) is 11.1 Å². The van der Waals surface area contributed by atoms with E-state index in [1.807, 2.05) is 82.9 Å². The smallest absolute Gasteiger partial charge is 0.410 e. The summed E-state index contributed by atoms with van der Waals surface area (Å²) in [5.74, 6) is -2.15. The number of carboxylic acids is 2. The van der Waals surface area contributed by atoms with Crippen molar-refractivity contribution in [1.82, 2.24) is 9.80 Å². The molecule has 2 amide bonds. The molecule has 0 atom stereocenters. The van der Waals surface area contributed by atoms with Crippen LogP contribution in [0.1, 0.15) is 241 Å². The standard InChI is InChI=1S/C41H67NO6.C23H35NO6/c1-6-8-10-12-14-19-23-34-46-38(43)27-21-17-16-18-22-32-42(40(45)48-41(3,4)5)33-25-26-36-28-30-37(31-29-36)39(44)47-35-24-20-15-13-11-9-7-2;1-23(2,3)30-22(29)24(16-8-6-4-5-7-11-20(25)26)17-9-10-18-12-14-19(15-13-18)21(27)28/h19-20,23-24,28-31H,6-18,21-22,25-27,32-35H2,1-5H3;12-15H,4-11,16-17H2,1-3H3,(H,25,26)(H,27,28)/b23-19-,24-20-;. The fraction of sp³-hybridized carbons (Fsp3) is 0.656. The summed E-state index contributed by atoms with van der Waals surface area (Å²) in [7, 11) is 0. The lowest BCUT2D eigenvalue weighted by molar-refractivity contribution is -0.142. The number of aromatic carboxylic acids is 1. The highest BCUT2D eigenvalue weighted by atomic mass is 16.6. The minimum Gasteiger partial charge on any atom is -0.481 e. The third-order valence-electron chi connectivity index (χ3n) is 12.5. The number of unbranched alkanes of at least 4 members (excludes halogenated alkanes) is 16. The number of rotatable bonds is 40. The Kier molecular flexibility index (Phi) is 39.0. The van der Waals surface area contributed by atoms with Crippen molar-refractivity contribution in [3.63, 3.8) is 0 Å². The summed E-state index contributed by atoms with van der Waals surface area (Å²) in [5.41, 5.74) is 1.84. The molecule has 440 valence electrons. The van der Waals surface area contributed by atoms with E-state index < -0.39 is 23.1 Å². The molecule has 14 nitrogen and oxygen atoms in total. The Labute approximate surface area is 470 Å². The number of carboxylic acid groups (broad SMARTS) is 2. The molecule has 0 spiro atoms. The second-order valence-electron chi connectivity index (χ2n) is 22.2. The lowest BCUT2D eigenvalue weighted by atomic mass is 10.1. The molecule has 2 rings (SSSR count). The van der Waals surface area contributed by atoms with Crippen LogP contribution in [0, 0.1) is 0 Å². The molecular formula is C64H102N2O12. The molecule has 0 saturated carbocycles. The normalized spacial score (nSPS) is 11.5. The third-order valence-corrected chi connectivity index (χ3v) is 12.5. The van der Waals surface area contributed by atoms with Crippen LogP contribution in [-0.4, -0.2) is 107 Å². The Morgan fingerprint density at radius 3 is 1.26 bits per heavy atom. The molecule has 0 aromatic heterocycles. The number of allylic oxidation sites excluding steroid dienone is 2. The summed E-state index contributed by atoms with van der Waals surface area (Å²) in [6, 6.07) is 14.3. The van der Waals surface area contributed by atoms with Crippen molar-refractivity contribution >= 4 is 36.1 Å². The number of aryl methyl sites for hydroxylation is 2. The molecule has 78 heavy (non-hydrogen) atoms.